The fourth-order valence-electron chi connectivity index (χ4n) is 5.04. The maximum atomic E-state index is 13.5. The van der Waals surface area contributed by atoms with Crippen LogP contribution in [0.25, 0.3) is 0 Å². The summed E-state index contributed by atoms with van der Waals surface area (Å²) in [5.74, 6) is -3.93. The van der Waals surface area contributed by atoms with Gasteiger partial charge in [0.15, 0.2) is 15.0 Å². The number of rotatable bonds is 4. The van der Waals surface area contributed by atoms with E-state index >= 15 is 0 Å². The molecule has 4 nitrogen and oxygen atoms in total. The average molecular weight is 485 g/mol. The van der Waals surface area contributed by atoms with Gasteiger partial charge in [0.25, 0.3) is 0 Å². The summed E-state index contributed by atoms with van der Waals surface area (Å²) in [6.07, 6.45) is 4.18. The topological polar surface area (TPSA) is 77.4 Å². The van der Waals surface area contributed by atoms with Gasteiger partial charge in [0.1, 0.15) is 17.3 Å². The van der Waals surface area contributed by atoms with E-state index in [0.717, 1.165) is 11.1 Å². The molecule has 10 heteroatoms. The number of benzene rings is 1. The molecule has 2 bridgehead atoms. The standard InChI is InChI=1S/C12H16OS.C9H12F4O3S/c1-9-7-11(8-10(2)12(9)13)14-5-3-4-6-14;10-8(11,9(12,13)17(14,15)16)7-4-5-1-2-6(7)3-5/h7-8H,3-6H2,1-2H3;5-7H,1-4H2,(H,14,15,16). The molecule has 0 aromatic heterocycles. The van der Waals surface area contributed by atoms with Crippen LogP contribution >= 0.6 is 0 Å². The van der Waals surface area contributed by atoms with Crippen LogP contribution in [0.4, 0.5) is 17.6 Å². The van der Waals surface area contributed by atoms with Crippen molar-refractivity contribution in [1.82, 2.24) is 0 Å². The lowest BCUT2D eigenvalue weighted by molar-refractivity contribution is -0.202. The fourth-order valence-corrected chi connectivity index (χ4v) is 8.00. The lowest BCUT2D eigenvalue weighted by atomic mass is 9.84. The van der Waals surface area contributed by atoms with Gasteiger partial charge in [-0.3, -0.25) is 0 Å². The van der Waals surface area contributed by atoms with E-state index in [1.54, 1.807) is 0 Å². The van der Waals surface area contributed by atoms with Crippen LogP contribution in [0.3, 0.4) is 0 Å². The number of aryl methyl sites for hydroxylation is 2. The molecule has 4 rings (SSSR count). The van der Waals surface area contributed by atoms with Gasteiger partial charge in [-0.2, -0.15) is 17.6 Å². The van der Waals surface area contributed by atoms with Crippen LogP contribution in [0.5, 0.6) is 5.75 Å². The number of phenolic OH excluding ortho intramolecular Hbond substituents is 1. The van der Waals surface area contributed by atoms with Crippen molar-refractivity contribution in [2.75, 3.05) is 11.5 Å². The highest BCUT2D eigenvalue weighted by atomic mass is 32.2. The Morgan fingerprint density at radius 1 is 1.03 bits per heavy atom. The largest absolute Gasteiger partial charge is 0.743 e. The minimum absolute atomic E-state index is 0.0407. The van der Waals surface area contributed by atoms with Gasteiger partial charge in [0, 0.05) is 16.8 Å². The van der Waals surface area contributed by atoms with Crippen LogP contribution in [-0.2, 0) is 21.0 Å². The number of phenols is 1. The Morgan fingerprint density at radius 3 is 2.00 bits per heavy atom. The SMILES string of the molecule is Cc1cc([S+]2CCCC2)cc(C)c1O.O=S(=O)([O-])C(F)(F)C(F)(F)C1CC2CCC1C2. The molecule has 3 atom stereocenters. The van der Waals surface area contributed by atoms with Crippen LogP contribution in [0.1, 0.15) is 49.7 Å². The monoisotopic (exact) mass is 484 g/mol. The average Bonchev–Trinajstić information content (AvgIpc) is 3.43. The van der Waals surface area contributed by atoms with Crippen LogP contribution in [0.2, 0.25) is 0 Å². The van der Waals surface area contributed by atoms with E-state index in [9.17, 15) is 35.6 Å². The first-order valence-electron chi connectivity index (χ1n) is 10.4. The third-order valence-electron chi connectivity index (χ3n) is 6.74. The molecular weight excluding hydrogens is 456 g/mol. The Morgan fingerprint density at radius 2 is 1.58 bits per heavy atom. The molecule has 0 spiro atoms. The predicted octanol–water partition coefficient (Wildman–Crippen LogP) is 4.98. The second-order valence-electron chi connectivity index (χ2n) is 8.89. The summed E-state index contributed by atoms with van der Waals surface area (Å²) >= 11 is 0. The molecule has 3 unspecified atom stereocenters. The molecule has 31 heavy (non-hydrogen) atoms. The number of hydrogen-bond acceptors (Lipinski definition) is 4. The normalized spacial score (nSPS) is 26.7. The van der Waals surface area contributed by atoms with Gasteiger partial charge >= 0.3 is 11.2 Å². The Hall–Kier alpha value is -1.00. The zero-order chi connectivity index (χ0) is 23.2. The second-order valence-corrected chi connectivity index (χ2v) is 12.6. The maximum Gasteiger partial charge on any atom is 0.396 e. The molecule has 1 N–H and O–H groups in total. The van der Waals surface area contributed by atoms with Gasteiger partial charge < -0.3 is 9.66 Å². The van der Waals surface area contributed by atoms with Crippen molar-refractivity contribution >= 4 is 21.0 Å². The number of hydrogen-bond donors (Lipinski definition) is 1. The zero-order valence-electron chi connectivity index (χ0n) is 17.5. The number of halogens is 4. The van der Waals surface area contributed by atoms with E-state index in [1.807, 2.05) is 13.8 Å². The van der Waals surface area contributed by atoms with Gasteiger partial charge in [-0.05, 0) is 81.0 Å². The first-order valence-corrected chi connectivity index (χ1v) is 13.4. The molecule has 3 aliphatic rings. The Kier molecular flexibility index (Phi) is 6.95. The molecule has 1 saturated heterocycles. The highest BCUT2D eigenvalue weighted by Crippen LogP contribution is 2.58. The molecule has 1 aromatic carbocycles. The Labute approximate surface area is 183 Å². The second kappa shape index (κ2) is 8.74. The molecule has 1 aromatic rings. The van der Waals surface area contributed by atoms with Gasteiger partial charge in [-0.1, -0.05) is 6.42 Å². The number of aromatic hydroxyl groups is 1. The van der Waals surface area contributed by atoms with E-state index in [1.165, 1.54) is 29.2 Å². The smallest absolute Gasteiger partial charge is 0.396 e. The summed E-state index contributed by atoms with van der Waals surface area (Å²) in [6.45, 7) is 3.98. The van der Waals surface area contributed by atoms with Crippen LogP contribution < -0.4 is 0 Å². The van der Waals surface area contributed by atoms with E-state index in [-0.39, 0.29) is 12.3 Å². The minimum Gasteiger partial charge on any atom is -0.743 e. The highest BCUT2D eigenvalue weighted by Gasteiger charge is 2.68. The third-order valence-corrected chi connectivity index (χ3v) is 10.1. The molecule has 176 valence electrons. The van der Waals surface area contributed by atoms with E-state index in [2.05, 4.69) is 12.1 Å². The summed E-state index contributed by atoms with van der Waals surface area (Å²) in [4.78, 5) is 1.45. The predicted molar refractivity (Wildman–Crippen MR) is 111 cm³/mol. The first kappa shape index (κ1) is 24.6. The van der Waals surface area contributed by atoms with Crippen molar-refractivity contribution in [3.05, 3.63) is 23.3 Å². The van der Waals surface area contributed by atoms with Gasteiger partial charge in [0.05, 0.1) is 0 Å². The van der Waals surface area contributed by atoms with Crippen molar-refractivity contribution in [2.45, 2.75) is 68.4 Å². The van der Waals surface area contributed by atoms with Crippen molar-refractivity contribution < 1.29 is 35.6 Å². The van der Waals surface area contributed by atoms with Gasteiger partial charge in [0.2, 0.25) is 0 Å². The van der Waals surface area contributed by atoms with Crippen LogP contribution in [0.15, 0.2) is 17.0 Å². The lowest BCUT2D eigenvalue weighted by Crippen LogP contribution is -2.52. The molecule has 2 saturated carbocycles. The van der Waals surface area contributed by atoms with Crippen LogP contribution in [0, 0.1) is 31.6 Å². The molecule has 1 heterocycles. The zero-order valence-corrected chi connectivity index (χ0v) is 19.2. The van der Waals surface area contributed by atoms with Crippen molar-refractivity contribution in [1.29, 1.82) is 0 Å². The molecule has 3 fully saturated rings. The quantitative estimate of drug-likeness (QED) is 0.372. The van der Waals surface area contributed by atoms with Crippen molar-refractivity contribution in [2.24, 2.45) is 17.8 Å². The van der Waals surface area contributed by atoms with Crippen molar-refractivity contribution in [3.63, 3.8) is 0 Å². The van der Waals surface area contributed by atoms with E-state index < -0.39 is 33.1 Å². The molecule has 2 aliphatic carbocycles. The first-order chi connectivity index (χ1) is 14.3. The maximum absolute atomic E-state index is 13.5. The Bertz CT molecular complexity index is 891. The number of alkyl halides is 4. The molecule has 0 amide bonds. The summed E-state index contributed by atoms with van der Waals surface area (Å²) in [5.41, 5.74) is 2.05. The molecular formula is C21H28F4O4S2. The number of fused-ring (bicyclic) bond motifs is 2. The minimum atomic E-state index is -6.35. The van der Waals surface area contributed by atoms with Crippen LogP contribution in [-0.4, -0.2) is 40.8 Å². The van der Waals surface area contributed by atoms with Gasteiger partial charge in [-0.25, -0.2) is 8.42 Å². The third kappa shape index (κ3) is 4.71. The molecule has 0 radical (unpaired) electrons. The molecule has 1 aliphatic heterocycles. The highest BCUT2D eigenvalue weighted by molar-refractivity contribution is 7.97. The van der Waals surface area contributed by atoms with E-state index in [0.29, 0.717) is 35.9 Å². The van der Waals surface area contributed by atoms with Crippen molar-refractivity contribution in [3.8, 4) is 5.75 Å². The lowest BCUT2D eigenvalue weighted by Gasteiger charge is -2.36. The summed E-state index contributed by atoms with van der Waals surface area (Å²) in [7, 11) is -5.88. The van der Waals surface area contributed by atoms with Gasteiger partial charge in [-0.15, -0.1) is 0 Å². The van der Waals surface area contributed by atoms with E-state index in [4.69, 9.17) is 0 Å². The Balaban J connectivity index is 0.000000179. The summed E-state index contributed by atoms with van der Waals surface area (Å²) < 4.78 is 84.0. The fraction of sp³-hybridized carbons (Fsp3) is 0.714. The summed E-state index contributed by atoms with van der Waals surface area (Å²) in [6, 6.07) is 4.33. The summed E-state index contributed by atoms with van der Waals surface area (Å²) in [5, 5.41) is 4.16.